The van der Waals surface area contributed by atoms with Crippen LogP contribution in [0, 0.1) is 0 Å². The normalized spacial score (nSPS) is 13.7. The van der Waals surface area contributed by atoms with Gasteiger partial charge >= 0.3 is 0 Å². The maximum atomic E-state index is 12.5. The molecule has 1 saturated carbocycles. The van der Waals surface area contributed by atoms with Gasteiger partial charge < -0.3 is 9.88 Å². The van der Waals surface area contributed by atoms with Gasteiger partial charge in [-0.2, -0.15) is 0 Å². The third-order valence-corrected chi connectivity index (χ3v) is 6.20. The first-order valence-corrected chi connectivity index (χ1v) is 10.5. The van der Waals surface area contributed by atoms with E-state index in [1.54, 1.807) is 11.3 Å². The van der Waals surface area contributed by atoms with Gasteiger partial charge in [-0.1, -0.05) is 36.4 Å². The van der Waals surface area contributed by atoms with E-state index in [1.165, 1.54) is 24.0 Å². The number of nitrogens with zero attached hydrogens (tertiary/aromatic N) is 2. The van der Waals surface area contributed by atoms with Gasteiger partial charge in [0, 0.05) is 13.1 Å². The molecule has 4 aromatic rings. The predicted octanol–water partition coefficient (Wildman–Crippen LogP) is 4.95. The van der Waals surface area contributed by atoms with Crippen molar-refractivity contribution in [1.82, 2.24) is 14.9 Å². The number of amides is 1. The molecule has 0 radical (unpaired) electrons. The van der Waals surface area contributed by atoms with Crippen molar-refractivity contribution in [2.75, 3.05) is 0 Å². The lowest BCUT2D eigenvalue weighted by atomic mass is 10.1. The van der Waals surface area contributed by atoms with E-state index in [-0.39, 0.29) is 5.91 Å². The van der Waals surface area contributed by atoms with Crippen molar-refractivity contribution in [1.29, 1.82) is 0 Å². The van der Waals surface area contributed by atoms with E-state index < -0.39 is 0 Å². The van der Waals surface area contributed by atoms with Crippen LogP contribution < -0.4 is 5.32 Å². The van der Waals surface area contributed by atoms with Crippen LogP contribution in [-0.4, -0.2) is 15.5 Å². The number of fused-ring (bicyclic) bond motifs is 1. The maximum Gasteiger partial charge on any atom is 0.261 e. The molecule has 1 fully saturated rings. The fourth-order valence-corrected chi connectivity index (χ4v) is 4.48. The number of thiophene rings is 1. The van der Waals surface area contributed by atoms with Gasteiger partial charge in [0.15, 0.2) is 0 Å². The molecule has 5 heteroatoms. The molecule has 1 N–H and O–H groups in total. The highest BCUT2D eigenvalue weighted by atomic mass is 32.1. The Kier molecular flexibility index (Phi) is 4.45. The van der Waals surface area contributed by atoms with Crippen molar-refractivity contribution < 1.29 is 4.79 Å². The standard InChI is InChI=1S/C23H21N3OS/c27-23(22-19(11-12-28-22)18-9-10-18)24-13-16-5-7-17(8-6-16)14-26-15-25-20-3-1-2-4-21(20)26/h1-8,11-12,15,18H,9-10,13-14H2,(H,24,27). The van der Waals surface area contributed by atoms with Crippen LogP contribution in [0.2, 0.25) is 0 Å². The van der Waals surface area contributed by atoms with Gasteiger partial charge in [0.1, 0.15) is 0 Å². The molecule has 28 heavy (non-hydrogen) atoms. The quantitative estimate of drug-likeness (QED) is 0.509. The van der Waals surface area contributed by atoms with Gasteiger partial charge in [-0.3, -0.25) is 4.79 Å². The fourth-order valence-electron chi connectivity index (χ4n) is 3.58. The second kappa shape index (κ2) is 7.24. The zero-order valence-electron chi connectivity index (χ0n) is 15.5. The number of para-hydroxylation sites is 2. The first kappa shape index (κ1) is 17.2. The summed E-state index contributed by atoms with van der Waals surface area (Å²) in [5.74, 6) is 0.649. The summed E-state index contributed by atoms with van der Waals surface area (Å²) in [6, 6.07) is 18.7. The second-order valence-corrected chi connectivity index (χ2v) is 8.26. The summed E-state index contributed by atoms with van der Waals surface area (Å²) in [6.45, 7) is 1.34. The van der Waals surface area contributed by atoms with E-state index in [4.69, 9.17) is 0 Å². The largest absolute Gasteiger partial charge is 0.347 e. The molecule has 1 amide bonds. The van der Waals surface area contributed by atoms with E-state index in [0.717, 1.165) is 28.0 Å². The Labute approximate surface area is 167 Å². The molecule has 0 atom stereocenters. The van der Waals surface area contributed by atoms with Crippen molar-refractivity contribution in [2.45, 2.75) is 31.8 Å². The summed E-state index contributed by atoms with van der Waals surface area (Å²) < 4.78 is 2.16. The Morgan fingerprint density at radius 2 is 1.86 bits per heavy atom. The van der Waals surface area contributed by atoms with Crippen LogP contribution >= 0.6 is 11.3 Å². The molecule has 1 aliphatic carbocycles. The number of hydrogen-bond acceptors (Lipinski definition) is 3. The van der Waals surface area contributed by atoms with E-state index >= 15 is 0 Å². The monoisotopic (exact) mass is 387 g/mol. The summed E-state index contributed by atoms with van der Waals surface area (Å²) in [5.41, 5.74) is 5.71. The van der Waals surface area contributed by atoms with Gasteiger partial charge in [0.25, 0.3) is 5.91 Å². The molecule has 5 rings (SSSR count). The first-order valence-electron chi connectivity index (χ1n) is 9.61. The molecule has 2 aromatic carbocycles. The number of imidazole rings is 1. The molecule has 0 bridgehead atoms. The Morgan fingerprint density at radius 1 is 1.07 bits per heavy atom. The SMILES string of the molecule is O=C(NCc1ccc(Cn2cnc3ccccc32)cc1)c1sccc1C1CC1. The fraction of sp³-hybridized carbons (Fsp3) is 0.217. The third kappa shape index (κ3) is 3.45. The minimum atomic E-state index is 0.0471. The topological polar surface area (TPSA) is 46.9 Å². The third-order valence-electron chi connectivity index (χ3n) is 5.28. The van der Waals surface area contributed by atoms with Crippen molar-refractivity contribution in [3.8, 4) is 0 Å². The minimum absolute atomic E-state index is 0.0471. The first-order chi connectivity index (χ1) is 13.8. The maximum absolute atomic E-state index is 12.5. The summed E-state index contributed by atoms with van der Waals surface area (Å²) in [4.78, 5) is 17.9. The summed E-state index contributed by atoms with van der Waals surface area (Å²) in [7, 11) is 0. The van der Waals surface area contributed by atoms with Crippen LogP contribution in [-0.2, 0) is 13.1 Å². The lowest BCUT2D eigenvalue weighted by molar-refractivity contribution is 0.0954. The van der Waals surface area contributed by atoms with E-state index in [0.29, 0.717) is 12.5 Å². The zero-order valence-corrected chi connectivity index (χ0v) is 16.3. The molecule has 0 unspecified atom stereocenters. The lowest BCUT2D eigenvalue weighted by Gasteiger charge is -2.08. The number of hydrogen-bond donors (Lipinski definition) is 1. The number of nitrogens with one attached hydrogen (secondary N) is 1. The van der Waals surface area contributed by atoms with Gasteiger partial charge in [-0.15, -0.1) is 11.3 Å². The van der Waals surface area contributed by atoms with Crippen LogP contribution in [0.15, 0.2) is 66.3 Å². The smallest absolute Gasteiger partial charge is 0.261 e. The molecule has 1 aliphatic rings. The van der Waals surface area contributed by atoms with Crippen LogP contribution in [0.4, 0.5) is 0 Å². The van der Waals surface area contributed by atoms with Gasteiger partial charge in [0.05, 0.1) is 22.2 Å². The van der Waals surface area contributed by atoms with Crippen molar-refractivity contribution >= 4 is 28.3 Å². The molecule has 4 nitrogen and oxygen atoms in total. The highest BCUT2D eigenvalue weighted by molar-refractivity contribution is 7.12. The molecule has 2 heterocycles. The highest BCUT2D eigenvalue weighted by Crippen LogP contribution is 2.43. The van der Waals surface area contributed by atoms with E-state index in [2.05, 4.69) is 51.3 Å². The number of rotatable bonds is 6. The van der Waals surface area contributed by atoms with Gasteiger partial charge in [0.2, 0.25) is 0 Å². The lowest BCUT2D eigenvalue weighted by Crippen LogP contribution is -2.22. The second-order valence-electron chi connectivity index (χ2n) is 7.34. The van der Waals surface area contributed by atoms with Crippen LogP contribution in [0.5, 0.6) is 0 Å². The number of benzene rings is 2. The van der Waals surface area contributed by atoms with E-state index in [1.807, 2.05) is 29.9 Å². The Morgan fingerprint density at radius 3 is 2.68 bits per heavy atom. The summed E-state index contributed by atoms with van der Waals surface area (Å²) in [6.07, 6.45) is 4.31. The summed E-state index contributed by atoms with van der Waals surface area (Å²) >= 11 is 1.55. The molecular formula is C23H21N3OS. The molecular weight excluding hydrogens is 366 g/mol. The molecule has 2 aromatic heterocycles. The van der Waals surface area contributed by atoms with Crippen molar-refractivity contribution in [3.05, 3.63) is 87.9 Å². The Bertz CT molecular complexity index is 1120. The van der Waals surface area contributed by atoms with Crippen molar-refractivity contribution in [3.63, 3.8) is 0 Å². The number of aromatic nitrogens is 2. The average Bonchev–Trinajstić information content (AvgIpc) is 3.31. The van der Waals surface area contributed by atoms with Gasteiger partial charge in [-0.25, -0.2) is 4.98 Å². The number of carbonyl (C=O) groups excluding carboxylic acids is 1. The van der Waals surface area contributed by atoms with E-state index in [9.17, 15) is 4.79 Å². The van der Waals surface area contributed by atoms with Crippen molar-refractivity contribution in [2.24, 2.45) is 0 Å². The van der Waals surface area contributed by atoms with Gasteiger partial charge in [-0.05, 0) is 59.0 Å². The van der Waals surface area contributed by atoms with Crippen LogP contribution in [0.3, 0.4) is 0 Å². The van der Waals surface area contributed by atoms with Crippen LogP contribution in [0.1, 0.15) is 45.1 Å². The number of carbonyl (C=O) groups is 1. The zero-order chi connectivity index (χ0) is 18.9. The van der Waals surface area contributed by atoms with Crippen LogP contribution in [0.25, 0.3) is 11.0 Å². The Balaban J connectivity index is 1.23. The highest BCUT2D eigenvalue weighted by Gasteiger charge is 2.28. The predicted molar refractivity (Wildman–Crippen MR) is 113 cm³/mol. The molecule has 0 aliphatic heterocycles. The molecule has 140 valence electrons. The Hall–Kier alpha value is -2.92. The average molecular weight is 388 g/mol. The molecule has 0 spiro atoms. The minimum Gasteiger partial charge on any atom is -0.347 e. The molecule has 0 saturated heterocycles. The summed E-state index contributed by atoms with van der Waals surface area (Å²) in [5, 5.41) is 5.09.